The van der Waals surface area contributed by atoms with Crippen molar-refractivity contribution < 1.29 is 4.74 Å². The zero-order chi connectivity index (χ0) is 13.9. The first kappa shape index (κ1) is 13.2. The smallest absolute Gasteiger partial charge is 0.119 e. The summed E-state index contributed by atoms with van der Waals surface area (Å²) in [6, 6.07) is 16.3. The monoisotopic (exact) mass is 283 g/mol. The fraction of sp³-hybridized carbons (Fsp3) is 0.176. The van der Waals surface area contributed by atoms with Gasteiger partial charge in [-0.2, -0.15) is 0 Å². The lowest BCUT2D eigenvalue weighted by atomic mass is 9.99. The lowest BCUT2D eigenvalue weighted by molar-refractivity contribution is 0.340. The predicted octanol–water partition coefficient (Wildman–Crippen LogP) is 4.35. The van der Waals surface area contributed by atoms with Crippen molar-refractivity contribution in [2.24, 2.45) is 5.73 Å². The molecule has 102 valence electrons. The summed E-state index contributed by atoms with van der Waals surface area (Å²) in [5, 5.41) is 3.40. The van der Waals surface area contributed by atoms with Crippen LogP contribution in [0.1, 0.15) is 24.1 Å². The van der Waals surface area contributed by atoms with Crippen molar-refractivity contribution in [1.29, 1.82) is 0 Å². The summed E-state index contributed by atoms with van der Waals surface area (Å²) in [6.45, 7) is 2.65. The second kappa shape index (κ2) is 5.65. The SMILES string of the molecule is CCOc1cccc(C(N)c2csc3ccccc23)c1. The molecule has 0 saturated heterocycles. The number of fused-ring (bicyclic) bond motifs is 1. The minimum atomic E-state index is -0.119. The fourth-order valence-electron chi connectivity index (χ4n) is 2.38. The third kappa shape index (κ3) is 2.42. The van der Waals surface area contributed by atoms with Crippen LogP contribution in [-0.4, -0.2) is 6.61 Å². The Kier molecular flexibility index (Phi) is 3.72. The quantitative estimate of drug-likeness (QED) is 0.772. The molecule has 0 spiro atoms. The minimum Gasteiger partial charge on any atom is -0.494 e. The summed E-state index contributed by atoms with van der Waals surface area (Å²) in [4.78, 5) is 0. The van der Waals surface area contributed by atoms with E-state index in [-0.39, 0.29) is 6.04 Å². The second-order valence-electron chi connectivity index (χ2n) is 4.67. The lowest BCUT2D eigenvalue weighted by Crippen LogP contribution is -2.11. The Morgan fingerprint density at radius 3 is 2.85 bits per heavy atom. The van der Waals surface area contributed by atoms with E-state index in [1.165, 1.54) is 15.6 Å². The maximum absolute atomic E-state index is 6.44. The van der Waals surface area contributed by atoms with Crippen molar-refractivity contribution in [1.82, 2.24) is 0 Å². The van der Waals surface area contributed by atoms with Crippen molar-refractivity contribution in [3.8, 4) is 5.75 Å². The van der Waals surface area contributed by atoms with Gasteiger partial charge in [0.2, 0.25) is 0 Å². The van der Waals surface area contributed by atoms with E-state index in [4.69, 9.17) is 10.5 Å². The normalized spacial score (nSPS) is 12.5. The Morgan fingerprint density at radius 1 is 1.15 bits per heavy atom. The number of hydrogen-bond donors (Lipinski definition) is 1. The number of hydrogen-bond acceptors (Lipinski definition) is 3. The maximum Gasteiger partial charge on any atom is 0.119 e. The third-order valence-electron chi connectivity index (χ3n) is 3.37. The molecule has 1 aromatic heterocycles. The second-order valence-corrected chi connectivity index (χ2v) is 5.58. The van der Waals surface area contributed by atoms with Crippen LogP contribution in [0, 0.1) is 0 Å². The molecule has 3 aromatic rings. The third-order valence-corrected chi connectivity index (χ3v) is 4.36. The highest BCUT2D eigenvalue weighted by molar-refractivity contribution is 7.17. The molecule has 20 heavy (non-hydrogen) atoms. The lowest BCUT2D eigenvalue weighted by Gasteiger charge is -2.13. The van der Waals surface area contributed by atoms with E-state index in [0.29, 0.717) is 6.61 Å². The van der Waals surface area contributed by atoms with Crippen molar-refractivity contribution in [3.63, 3.8) is 0 Å². The largest absolute Gasteiger partial charge is 0.494 e. The van der Waals surface area contributed by atoms with Crippen LogP contribution in [0.15, 0.2) is 53.9 Å². The zero-order valence-electron chi connectivity index (χ0n) is 11.4. The van der Waals surface area contributed by atoms with Gasteiger partial charge in [-0.1, -0.05) is 30.3 Å². The maximum atomic E-state index is 6.44. The van der Waals surface area contributed by atoms with Crippen LogP contribution in [-0.2, 0) is 0 Å². The van der Waals surface area contributed by atoms with Crippen molar-refractivity contribution in [2.45, 2.75) is 13.0 Å². The van der Waals surface area contributed by atoms with E-state index in [1.807, 2.05) is 25.1 Å². The van der Waals surface area contributed by atoms with Gasteiger partial charge in [-0.25, -0.2) is 0 Å². The topological polar surface area (TPSA) is 35.2 Å². The Balaban J connectivity index is 1.99. The average molecular weight is 283 g/mol. The van der Waals surface area contributed by atoms with Gasteiger partial charge in [0.05, 0.1) is 12.6 Å². The Hall–Kier alpha value is -1.84. The van der Waals surface area contributed by atoms with Gasteiger partial charge in [-0.3, -0.25) is 0 Å². The standard InChI is InChI=1S/C17H17NOS/c1-2-19-13-7-5-6-12(10-13)17(18)15-11-20-16-9-4-3-8-14(15)16/h3-11,17H,2,18H2,1H3. The van der Waals surface area contributed by atoms with E-state index in [0.717, 1.165) is 11.3 Å². The van der Waals surface area contributed by atoms with Crippen LogP contribution in [0.4, 0.5) is 0 Å². The number of rotatable bonds is 4. The minimum absolute atomic E-state index is 0.119. The highest BCUT2D eigenvalue weighted by atomic mass is 32.1. The molecular formula is C17H17NOS. The highest BCUT2D eigenvalue weighted by Gasteiger charge is 2.14. The molecule has 2 nitrogen and oxygen atoms in total. The van der Waals surface area contributed by atoms with Gasteiger partial charge in [0, 0.05) is 4.70 Å². The number of nitrogens with two attached hydrogens (primary N) is 1. The van der Waals surface area contributed by atoms with Crippen LogP contribution in [0.2, 0.25) is 0 Å². The molecule has 0 aliphatic heterocycles. The van der Waals surface area contributed by atoms with Crippen LogP contribution in [0.5, 0.6) is 5.75 Å². The summed E-state index contributed by atoms with van der Waals surface area (Å²) < 4.78 is 6.83. The molecule has 0 amide bonds. The van der Waals surface area contributed by atoms with E-state index < -0.39 is 0 Å². The molecule has 0 aliphatic carbocycles. The Morgan fingerprint density at radius 2 is 2.00 bits per heavy atom. The predicted molar refractivity (Wildman–Crippen MR) is 85.5 cm³/mol. The zero-order valence-corrected chi connectivity index (χ0v) is 12.2. The average Bonchev–Trinajstić information content (AvgIpc) is 2.91. The van der Waals surface area contributed by atoms with Crippen molar-refractivity contribution in [3.05, 3.63) is 65.0 Å². The summed E-state index contributed by atoms with van der Waals surface area (Å²) in [7, 11) is 0. The number of thiophene rings is 1. The molecule has 2 aromatic carbocycles. The first-order valence-corrected chi connectivity index (χ1v) is 7.62. The van der Waals surface area contributed by atoms with Crippen molar-refractivity contribution in [2.75, 3.05) is 6.61 Å². The molecule has 1 unspecified atom stereocenters. The molecule has 1 atom stereocenters. The van der Waals surface area contributed by atoms with Crippen LogP contribution >= 0.6 is 11.3 Å². The first-order valence-electron chi connectivity index (χ1n) is 6.74. The summed E-state index contributed by atoms with van der Waals surface area (Å²) in [5.41, 5.74) is 8.71. The fourth-order valence-corrected chi connectivity index (χ4v) is 3.38. The van der Waals surface area contributed by atoms with Crippen LogP contribution in [0.25, 0.3) is 10.1 Å². The molecule has 1 heterocycles. The molecule has 2 N–H and O–H groups in total. The van der Waals surface area contributed by atoms with Gasteiger partial charge in [-0.05, 0) is 47.0 Å². The van der Waals surface area contributed by atoms with Crippen LogP contribution in [0.3, 0.4) is 0 Å². The van der Waals surface area contributed by atoms with Gasteiger partial charge < -0.3 is 10.5 Å². The van der Waals surface area contributed by atoms with E-state index in [2.05, 4.69) is 35.7 Å². The Labute approximate surface area is 122 Å². The molecule has 0 fully saturated rings. The number of ether oxygens (including phenoxy) is 1. The summed E-state index contributed by atoms with van der Waals surface area (Å²) in [6.07, 6.45) is 0. The van der Waals surface area contributed by atoms with Crippen LogP contribution < -0.4 is 10.5 Å². The summed E-state index contributed by atoms with van der Waals surface area (Å²) in [5.74, 6) is 0.875. The molecule has 0 bridgehead atoms. The van der Waals surface area contributed by atoms with Gasteiger partial charge in [0.25, 0.3) is 0 Å². The van der Waals surface area contributed by atoms with Crippen molar-refractivity contribution >= 4 is 21.4 Å². The number of benzene rings is 2. The first-order chi connectivity index (χ1) is 9.79. The Bertz CT molecular complexity index is 720. The molecule has 0 saturated carbocycles. The molecule has 3 heteroatoms. The van der Waals surface area contributed by atoms with E-state index in [9.17, 15) is 0 Å². The molecule has 0 radical (unpaired) electrons. The van der Waals surface area contributed by atoms with Gasteiger partial charge in [0.1, 0.15) is 5.75 Å². The summed E-state index contributed by atoms with van der Waals surface area (Å²) >= 11 is 1.74. The van der Waals surface area contributed by atoms with Gasteiger partial charge in [0.15, 0.2) is 0 Å². The van der Waals surface area contributed by atoms with E-state index in [1.54, 1.807) is 11.3 Å². The molecule has 3 rings (SSSR count). The van der Waals surface area contributed by atoms with E-state index >= 15 is 0 Å². The molecular weight excluding hydrogens is 266 g/mol. The van der Waals surface area contributed by atoms with Gasteiger partial charge >= 0.3 is 0 Å². The highest BCUT2D eigenvalue weighted by Crippen LogP contribution is 2.33. The molecule has 0 aliphatic rings. The van der Waals surface area contributed by atoms with Gasteiger partial charge in [-0.15, -0.1) is 11.3 Å².